The van der Waals surface area contributed by atoms with E-state index in [1.807, 2.05) is 27.1 Å². The third kappa shape index (κ3) is 3.06. The maximum Gasteiger partial charge on any atom is 0.307 e. The Balaban J connectivity index is 2.51. The molecule has 0 saturated heterocycles. The average Bonchev–Trinajstić information content (AvgIpc) is 2.52. The molecule has 0 aliphatic heterocycles. The van der Waals surface area contributed by atoms with Crippen molar-refractivity contribution in [3.05, 3.63) is 17.5 Å². The van der Waals surface area contributed by atoms with Gasteiger partial charge in [-0.1, -0.05) is 6.92 Å². The molecule has 90 valence electrons. The van der Waals surface area contributed by atoms with Crippen molar-refractivity contribution in [3.63, 3.8) is 0 Å². The molecule has 1 heterocycles. The standard InChI is InChI=1S/C11H19N3O2/c1-7(11(15)16)8(2)12-5-10-6-14(4)13-9(10)3/h6-8,12H,5H2,1-4H3,(H,15,16). The van der Waals surface area contributed by atoms with Crippen LogP contribution in [0.3, 0.4) is 0 Å². The molecule has 0 fully saturated rings. The highest BCUT2D eigenvalue weighted by Crippen LogP contribution is 2.07. The van der Waals surface area contributed by atoms with E-state index in [4.69, 9.17) is 5.11 Å². The Labute approximate surface area is 95.5 Å². The number of aryl methyl sites for hydroxylation is 2. The Morgan fingerprint density at radius 1 is 1.62 bits per heavy atom. The average molecular weight is 225 g/mol. The number of rotatable bonds is 5. The van der Waals surface area contributed by atoms with Gasteiger partial charge in [0.1, 0.15) is 0 Å². The van der Waals surface area contributed by atoms with E-state index in [9.17, 15) is 4.79 Å². The molecule has 1 aromatic heterocycles. The van der Waals surface area contributed by atoms with Crippen LogP contribution < -0.4 is 5.32 Å². The van der Waals surface area contributed by atoms with Gasteiger partial charge >= 0.3 is 5.97 Å². The maximum atomic E-state index is 10.8. The lowest BCUT2D eigenvalue weighted by atomic mass is 10.0. The zero-order valence-electron chi connectivity index (χ0n) is 10.2. The molecular formula is C11H19N3O2. The first-order valence-electron chi connectivity index (χ1n) is 5.37. The lowest BCUT2D eigenvalue weighted by molar-refractivity contribution is -0.141. The molecule has 5 nitrogen and oxygen atoms in total. The largest absolute Gasteiger partial charge is 0.481 e. The Kier molecular flexibility index (Phi) is 4.06. The molecule has 0 amide bonds. The van der Waals surface area contributed by atoms with E-state index in [0.29, 0.717) is 6.54 Å². The number of aliphatic carboxylic acids is 1. The summed E-state index contributed by atoms with van der Waals surface area (Å²) in [6.45, 7) is 6.18. The third-order valence-electron chi connectivity index (χ3n) is 2.87. The molecule has 0 radical (unpaired) electrons. The number of hydrogen-bond acceptors (Lipinski definition) is 3. The van der Waals surface area contributed by atoms with Crippen LogP contribution in [-0.4, -0.2) is 26.9 Å². The molecule has 2 N–H and O–H groups in total. The number of nitrogens with one attached hydrogen (secondary N) is 1. The van der Waals surface area contributed by atoms with E-state index in [1.165, 1.54) is 0 Å². The van der Waals surface area contributed by atoms with Gasteiger partial charge in [0, 0.05) is 31.4 Å². The Morgan fingerprint density at radius 3 is 2.69 bits per heavy atom. The van der Waals surface area contributed by atoms with Gasteiger partial charge in [-0.05, 0) is 13.8 Å². The van der Waals surface area contributed by atoms with Crippen LogP contribution in [0.25, 0.3) is 0 Å². The predicted octanol–water partition coefficient (Wildman–Crippen LogP) is 0.927. The van der Waals surface area contributed by atoms with Gasteiger partial charge in [0.2, 0.25) is 0 Å². The van der Waals surface area contributed by atoms with E-state index in [1.54, 1.807) is 11.6 Å². The zero-order valence-corrected chi connectivity index (χ0v) is 10.2. The summed E-state index contributed by atoms with van der Waals surface area (Å²) in [6.07, 6.45) is 1.94. The fourth-order valence-corrected chi connectivity index (χ4v) is 1.48. The minimum atomic E-state index is -0.775. The number of carbonyl (C=O) groups is 1. The summed E-state index contributed by atoms with van der Waals surface area (Å²) in [5.74, 6) is -1.17. The van der Waals surface area contributed by atoms with Gasteiger partial charge in [0.25, 0.3) is 0 Å². The molecule has 2 atom stereocenters. The quantitative estimate of drug-likeness (QED) is 0.782. The lowest BCUT2D eigenvalue weighted by Crippen LogP contribution is -2.35. The van der Waals surface area contributed by atoms with Crippen molar-refractivity contribution >= 4 is 5.97 Å². The minimum Gasteiger partial charge on any atom is -0.481 e. The van der Waals surface area contributed by atoms with Crippen molar-refractivity contribution in [1.82, 2.24) is 15.1 Å². The smallest absolute Gasteiger partial charge is 0.307 e. The molecule has 0 bridgehead atoms. The normalized spacial score (nSPS) is 14.8. The third-order valence-corrected chi connectivity index (χ3v) is 2.87. The molecule has 1 aromatic rings. The molecule has 16 heavy (non-hydrogen) atoms. The second kappa shape index (κ2) is 5.12. The summed E-state index contributed by atoms with van der Waals surface area (Å²) in [5.41, 5.74) is 2.08. The number of carboxylic acids is 1. The highest BCUT2D eigenvalue weighted by Gasteiger charge is 2.18. The van der Waals surface area contributed by atoms with Crippen molar-refractivity contribution in [3.8, 4) is 0 Å². The van der Waals surface area contributed by atoms with E-state index >= 15 is 0 Å². The maximum absolute atomic E-state index is 10.8. The van der Waals surface area contributed by atoms with Crippen molar-refractivity contribution in [2.45, 2.75) is 33.4 Å². The van der Waals surface area contributed by atoms with Gasteiger partial charge in [-0.3, -0.25) is 9.48 Å². The van der Waals surface area contributed by atoms with Crippen LogP contribution in [0.4, 0.5) is 0 Å². The SMILES string of the molecule is Cc1nn(C)cc1CNC(C)C(C)C(=O)O. The van der Waals surface area contributed by atoms with Crippen molar-refractivity contribution < 1.29 is 9.90 Å². The summed E-state index contributed by atoms with van der Waals surface area (Å²) in [5, 5.41) is 16.3. The van der Waals surface area contributed by atoms with Crippen LogP contribution in [0.2, 0.25) is 0 Å². The van der Waals surface area contributed by atoms with Gasteiger partial charge in [0.15, 0.2) is 0 Å². The highest BCUT2D eigenvalue weighted by atomic mass is 16.4. The van der Waals surface area contributed by atoms with Crippen LogP contribution in [0, 0.1) is 12.8 Å². The molecule has 2 unspecified atom stereocenters. The molecule has 0 spiro atoms. The topological polar surface area (TPSA) is 67.2 Å². The van der Waals surface area contributed by atoms with E-state index in [-0.39, 0.29) is 6.04 Å². The van der Waals surface area contributed by atoms with Gasteiger partial charge in [-0.2, -0.15) is 5.10 Å². The van der Waals surface area contributed by atoms with E-state index in [0.717, 1.165) is 11.3 Å². The fraction of sp³-hybridized carbons (Fsp3) is 0.636. The van der Waals surface area contributed by atoms with Gasteiger partial charge < -0.3 is 10.4 Å². The first-order valence-corrected chi connectivity index (χ1v) is 5.37. The number of hydrogen-bond donors (Lipinski definition) is 2. The number of nitrogens with zero attached hydrogens (tertiary/aromatic N) is 2. The summed E-state index contributed by atoms with van der Waals surface area (Å²) < 4.78 is 1.76. The summed E-state index contributed by atoms with van der Waals surface area (Å²) >= 11 is 0. The minimum absolute atomic E-state index is 0.0582. The monoisotopic (exact) mass is 225 g/mol. The summed E-state index contributed by atoms with van der Waals surface area (Å²) in [6, 6.07) is -0.0582. The van der Waals surface area contributed by atoms with Gasteiger partial charge in [-0.25, -0.2) is 0 Å². The first-order chi connectivity index (χ1) is 7.41. The van der Waals surface area contributed by atoms with E-state index in [2.05, 4.69) is 10.4 Å². The molecule has 5 heteroatoms. The van der Waals surface area contributed by atoms with Gasteiger partial charge in [0.05, 0.1) is 11.6 Å². The van der Waals surface area contributed by atoms with Crippen molar-refractivity contribution in [1.29, 1.82) is 0 Å². The van der Waals surface area contributed by atoms with Crippen LogP contribution in [-0.2, 0) is 18.4 Å². The van der Waals surface area contributed by atoms with Crippen LogP contribution in [0.15, 0.2) is 6.20 Å². The fourth-order valence-electron chi connectivity index (χ4n) is 1.48. The Morgan fingerprint density at radius 2 is 2.25 bits per heavy atom. The first kappa shape index (κ1) is 12.7. The molecule has 0 saturated carbocycles. The molecule has 0 aliphatic carbocycles. The predicted molar refractivity (Wildman–Crippen MR) is 61.0 cm³/mol. The van der Waals surface area contributed by atoms with Crippen molar-refractivity contribution in [2.75, 3.05) is 0 Å². The molecule has 0 aliphatic rings. The van der Waals surface area contributed by atoms with Crippen LogP contribution in [0.1, 0.15) is 25.1 Å². The van der Waals surface area contributed by atoms with Crippen molar-refractivity contribution in [2.24, 2.45) is 13.0 Å². The summed E-state index contributed by atoms with van der Waals surface area (Å²) in [4.78, 5) is 10.8. The number of aromatic nitrogens is 2. The molecule has 1 rings (SSSR count). The Bertz CT molecular complexity index is 373. The van der Waals surface area contributed by atoms with Crippen LogP contribution in [0.5, 0.6) is 0 Å². The molecule has 0 aromatic carbocycles. The zero-order chi connectivity index (χ0) is 12.3. The Hall–Kier alpha value is -1.36. The summed E-state index contributed by atoms with van der Waals surface area (Å²) in [7, 11) is 1.87. The molecular weight excluding hydrogens is 206 g/mol. The number of carboxylic acid groups (broad SMARTS) is 1. The lowest BCUT2D eigenvalue weighted by Gasteiger charge is -2.17. The van der Waals surface area contributed by atoms with Gasteiger partial charge in [-0.15, -0.1) is 0 Å². The van der Waals surface area contributed by atoms with E-state index < -0.39 is 11.9 Å². The highest BCUT2D eigenvalue weighted by molar-refractivity contribution is 5.70. The van der Waals surface area contributed by atoms with Crippen LogP contribution >= 0.6 is 0 Å². The second-order valence-corrected chi connectivity index (χ2v) is 4.21. The second-order valence-electron chi connectivity index (χ2n) is 4.21.